The Kier molecular flexibility index (Phi) is 4.93. The molecule has 1 N–H and O–H groups in total. The molecule has 4 rings (SSSR count). The van der Waals surface area contributed by atoms with Gasteiger partial charge >= 0.3 is 0 Å². The molecule has 0 unspecified atom stereocenters. The van der Waals surface area contributed by atoms with E-state index in [1.54, 1.807) is 19.1 Å². The summed E-state index contributed by atoms with van der Waals surface area (Å²) in [5, 5.41) is 8.73. The molecule has 146 valence electrons. The Labute approximate surface area is 165 Å². The van der Waals surface area contributed by atoms with E-state index in [9.17, 15) is 8.42 Å². The molecular formula is C21H24N4O2S. The van der Waals surface area contributed by atoms with Crippen LogP contribution in [0.1, 0.15) is 36.2 Å². The van der Waals surface area contributed by atoms with Gasteiger partial charge in [-0.2, -0.15) is 0 Å². The monoisotopic (exact) mass is 396 g/mol. The SMILES string of the molecule is Cc1ccc(C)c(S(=O)(=O)Nc2ccccc2-c2nnc3n2CCCCC3)c1. The Balaban J connectivity index is 1.75. The first-order chi connectivity index (χ1) is 13.5. The van der Waals surface area contributed by atoms with Crippen LogP contribution in [0.3, 0.4) is 0 Å². The molecule has 3 aromatic rings. The molecule has 7 heteroatoms. The first kappa shape index (κ1) is 18.7. The fraction of sp³-hybridized carbons (Fsp3) is 0.333. The van der Waals surface area contributed by atoms with Crippen molar-refractivity contribution >= 4 is 15.7 Å². The Bertz CT molecular complexity index is 1120. The average molecular weight is 397 g/mol. The maximum absolute atomic E-state index is 13.1. The van der Waals surface area contributed by atoms with Crippen molar-refractivity contribution in [1.29, 1.82) is 0 Å². The van der Waals surface area contributed by atoms with Crippen LogP contribution in [0.2, 0.25) is 0 Å². The van der Waals surface area contributed by atoms with Crippen molar-refractivity contribution in [2.24, 2.45) is 0 Å². The van der Waals surface area contributed by atoms with Crippen molar-refractivity contribution in [3.63, 3.8) is 0 Å². The second kappa shape index (κ2) is 7.39. The van der Waals surface area contributed by atoms with Crippen LogP contribution < -0.4 is 4.72 Å². The average Bonchev–Trinajstić information content (AvgIpc) is 2.91. The van der Waals surface area contributed by atoms with Crippen molar-refractivity contribution in [1.82, 2.24) is 14.8 Å². The molecule has 0 radical (unpaired) electrons. The van der Waals surface area contributed by atoms with Gasteiger partial charge in [0.2, 0.25) is 0 Å². The van der Waals surface area contributed by atoms with Crippen LogP contribution in [-0.4, -0.2) is 23.2 Å². The third-order valence-electron chi connectivity index (χ3n) is 5.15. The van der Waals surface area contributed by atoms with Gasteiger partial charge in [0.15, 0.2) is 5.82 Å². The van der Waals surface area contributed by atoms with E-state index in [1.165, 1.54) is 6.42 Å². The molecule has 0 amide bonds. The minimum atomic E-state index is -3.72. The molecule has 1 aliphatic heterocycles. The van der Waals surface area contributed by atoms with E-state index in [1.807, 2.05) is 37.3 Å². The summed E-state index contributed by atoms with van der Waals surface area (Å²) >= 11 is 0. The van der Waals surface area contributed by atoms with E-state index >= 15 is 0 Å². The lowest BCUT2D eigenvalue weighted by Gasteiger charge is -2.15. The Morgan fingerprint density at radius 3 is 2.68 bits per heavy atom. The smallest absolute Gasteiger partial charge is 0.262 e. The van der Waals surface area contributed by atoms with Gasteiger partial charge in [0.25, 0.3) is 10.0 Å². The van der Waals surface area contributed by atoms with Crippen LogP contribution in [0.5, 0.6) is 0 Å². The van der Waals surface area contributed by atoms with Crippen molar-refractivity contribution in [2.45, 2.75) is 51.0 Å². The number of sulfonamides is 1. The first-order valence-corrected chi connectivity index (χ1v) is 11.1. The van der Waals surface area contributed by atoms with Gasteiger partial charge in [-0.1, -0.05) is 30.7 Å². The summed E-state index contributed by atoms with van der Waals surface area (Å²) in [7, 11) is -3.72. The number of aryl methyl sites for hydroxylation is 3. The van der Waals surface area contributed by atoms with Crippen LogP contribution in [0, 0.1) is 13.8 Å². The third-order valence-corrected chi connectivity index (χ3v) is 6.66. The largest absolute Gasteiger partial charge is 0.311 e. The second-order valence-corrected chi connectivity index (χ2v) is 8.97. The molecule has 2 heterocycles. The molecule has 6 nitrogen and oxygen atoms in total. The standard InChI is InChI=1S/C21H24N4O2S/c1-15-11-12-16(2)19(14-15)28(26,27)24-18-9-6-5-8-17(18)21-23-22-20-10-4-3-7-13-25(20)21/h5-6,8-9,11-12,14,24H,3-4,7,10,13H2,1-2H3. The van der Waals surface area contributed by atoms with Gasteiger partial charge in [-0.15, -0.1) is 10.2 Å². The van der Waals surface area contributed by atoms with E-state index in [0.717, 1.165) is 48.6 Å². The normalized spacial score (nSPS) is 14.4. The highest BCUT2D eigenvalue weighted by atomic mass is 32.2. The van der Waals surface area contributed by atoms with Gasteiger partial charge < -0.3 is 4.57 Å². The van der Waals surface area contributed by atoms with Gasteiger partial charge in [-0.3, -0.25) is 4.72 Å². The number of fused-ring (bicyclic) bond motifs is 1. The summed E-state index contributed by atoms with van der Waals surface area (Å²) in [6.07, 6.45) is 4.26. The minimum Gasteiger partial charge on any atom is -0.311 e. The van der Waals surface area contributed by atoms with E-state index < -0.39 is 10.0 Å². The van der Waals surface area contributed by atoms with Crippen LogP contribution in [0.15, 0.2) is 47.4 Å². The zero-order valence-corrected chi connectivity index (χ0v) is 17.0. The molecule has 0 spiro atoms. The van der Waals surface area contributed by atoms with Crippen LogP contribution in [-0.2, 0) is 23.0 Å². The van der Waals surface area contributed by atoms with Crippen molar-refractivity contribution in [2.75, 3.05) is 4.72 Å². The maximum Gasteiger partial charge on any atom is 0.262 e. The summed E-state index contributed by atoms with van der Waals surface area (Å²) in [6, 6.07) is 12.8. The number of para-hydroxylation sites is 1. The highest BCUT2D eigenvalue weighted by Gasteiger charge is 2.22. The van der Waals surface area contributed by atoms with E-state index in [2.05, 4.69) is 19.5 Å². The number of nitrogens with one attached hydrogen (secondary N) is 1. The summed E-state index contributed by atoms with van der Waals surface area (Å²) in [4.78, 5) is 0.294. The summed E-state index contributed by atoms with van der Waals surface area (Å²) in [5.41, 5.74) is 2.88. The topological polar surface area (TPSA) is 76.9 Å². The molecule has 28 heavy (non-hydrogen) atoms. The maximum atomic E-state index is 13.1. The van der Waals surface area contributed by atoms with Gasteiger partial charge in [0.05, 0.1) is 10.6 Å². The summed E-state index contributed by atoms with van der Waals surface area (Å²) in [6.45, 7) is 4.55. The second-order valence-electron chi connectivity index (χ2n) is 7.32. The number of aromatic nitrogens is 3. The third kappa shape index (κ3) is 3.54. The lowest BCUT2D eigenvalue weighted by molar-refractivity contribution is 0.600. The molecule has 0 fully saturated rings. The fourth-order valence-electron chi connectivity index (χ4n) is 3.65. The van der Waals surface area contributed by atoms with Gasteiger partial charge in [-0.25, -0.2) is 8.42 Å². The molecule has 0 bridgehead atoms. The highest BCUT2D eigenvalue weighted by molar-refractivity contribution is 7.92. The molecule has 0 saturated carbocycles. The van der Waals surface area contributed by atoms with Crippen LogP contribution in [0.4, 0.5) is 5.69 Å². The van der Waals surface area contributed by atoms with Gasteiger partial charge in [0.1, 0.15) is 5.82 Å². The van der Waals surface area contributed by atoms with Crippen LogP contribution in [0.25, 0.3) is 11.4 Å². The zero-order valence-electron chi connectivity index (χ0n) is 16.1. The van der Waals surface area contributed by atoms with Crippen molar-refractivity contribution < 1.29 is 8.42 Å². The molecular weight excluding hydrogens is 372 g/mol. The molecule has 1 aromatic heterocycles. The number of hydrogen-bond acceptors (Lipinski definition) is 4. The number of anilines is 1. The molecule has 2 aromatic carbocycles. The predicted molar refractivity (Wildman–Crippen MR) is 110 cm³/mol. The number of hydrogen-bond donors (Lipinski definition) is 1. The number of benzene rings is 2. The van der Waals surface area contributed by atoms with Crippen molar-refractivity contribution in [3.8, 4) is 11.4 Å². The fourth-order valence-corrected chi connectivity index (χ4v) is 5.06. The van der Waals surface area contributed by atoms with E-state index in [0.29, 0.717) is 16.1 Å². The van der Waals surface area contributed by atoms with Gasteiger partial charge in [0, 0.05) is 18.5 Å². The van der Waals surface area contributed by atoms with E-state index in [4.69, 9.17) is 0 Å². The van der Waals surface area contributed by atoms with E-state index in [-0.39, 0.29) is 0 Å². The quantitative estimate of drug-likeness (QED) is 0.721. The summed E-state index contributed by atoms with van der Waals surface area (Å²) < 4.78 is 31.1. The lowest BCUT2D eigenvalue weighted by Crippen LogP contribution is -2.15. The Morgan fingerprint density at radius 1 is 1.00 bits per heavy atom. The lowest BCUT2D eigenvalue weighted by atomic mass is 10.1. The molecule has 0 atom stereocenters. The molecule has 0 saturated heterocycles. The predicted octanol–water partition coefficient (Wildman–Crippen LogP) is 4.09. The Hall–Kier alpha value is -2.67. The minimum absolute atomic E-state index is 0.294. The number of rotatable bonds is 4. The van der Waals surface area contributed by atoms with Crippen LogP contribution >= 0.6 is 0 Å². The zero-order chi connectivity index (χ0) is 19.7. The molecule has 1 aliphatic rings. The summed E-state index contributed by atoms with van der Waals surface area (Å²) in [5.74, 6) is 1.69. The first-order valence-electron chi connectivity index (χ1n) is 9.57. The Morgan fingerprint density at radius 2 is 1.82 bits per heavy atom. The highest BCUT2D eigenvalue weighted by Crippen LogP contribution is 2.31. The number of nitrogens with zero attached hydrogens (tertiary/aromatic N) is 3. The van der Waals surface area contributed by atoms with Crippen molar-refractivity contribution in [3.05, 3.63) is 59.4 Å². The van der Waals surface area contributed by atoms with Gasteiger partial charge in [-0.05, 0) is 56.0 Å². The molecule has 0 aliphatic carbocycles.